The highest BCUT2D eigenvalue weighted by Gasteiger charge is 1.87. The largest absolute Gasteiger partial charge is 0.399 e. The Morgan fingerprint density at radius 3 is 2.40 bits per heavy atom. The van der Waals surface area contributed by atoms with Crippen LogP contribution in [0.25, 0.3) is 0 Å². The van der Waals surface area contributed by atoms with Gasteiger partial charge in [-0.15, -0.1) is 0 Å². The van der Waals surface area contributed by atoms with Gasteiger partial charge in [-0.05, 0) is 24.3 Å². The summed E-state index contributed by atoms with van der Waals surface area (Å²) in [7, 11) is 0. The maximum atomic E-state index is 9.79. The fourth-order valence-electron chi connectivity index (χ4n) is 0.625. The number of nitrogens with two attached hydrogens (primary N) is 1. The zero-order chi connectivity index (χ0) is 7.40. The number of amides is 1. The first-order valence-electron chi connectivity index (χ1n) is 2.81. The Kier molecular flexibility index (Phi) is 1.89. The minimum atomic E-state index is 0.677. The highest BCUT2D eigenvalue weighted by Crippen LogP contribution is 2.08. The van der Waals surface area contributed by atoms with Crippen LogP contribution in [0.2, 0.25) is 0 Å². The average molecular weight is 135 g/mol. The van der Waals surface area contributed by atoms with Gasteiger partial charge in [0.25, 0.3) is 0 Å². The molecule has 0 aliphatic carbocycles. The van der Waals surface area contributed by atoms with Crippen molar-refractivity contribution in [1.29, 1.82) is 0 Å². The van der Waals surface area contributed by atoms with E-state index in [1.54, 1.807) is 30.7 Å². The van der Waals surface area contributed by atoms with Gasteiger partial charge in [0.05, 0.1) is 0 Å². The zero-order valence-corrected chi connectivity index (χ0v) is 5.29. The van der Waals surface area contributed by atoms with Crippen molar-refractivity contribution >= 4 is 17.8 Å². The maximum Gasteiger partial charge on any atom is 0.314 e. The summed E-state index contributed by atoms with van der Waals surface area (Å²) in [6, 6.07) is 6.83. The molecule has 3 heteroatoms. The van der Waals surface area contributed by atoms with Crippen LogP contribution in [-0.2, 0) is 4.79 Å². The molecule has 1 radical (unpaired) electrons. The van der Waals surface area contributed by atoms with E-state index in [4.69, 9.17) is 5.73 Å². The van der Waals surface area contributed by atoms with Gasteiger partial charge in [-0.3, -0.25) is 4.79 Å². The predicted molar refractivity (Wildman–Crippen MR) is 40.2 cm³/mol. The van der Waals surface area contributed by atoms with Crippen LogP contribution in [0.4, 0.5) is 11.4 Å². The van der Waals surface area contributed by atoms with Gasteiger partial charge >= 0.3 is 6.41 Å². The molecule has 0 bridgehead atoms. The van der Waals surface area contributed by atoms with Crippen LogP contribution in [0.1, 0.15) is 0 Å². The van der Waals surface area contributed by atoms with E-state index in [0.29, 0.717) is 11.4 Å². The standard InChI is InChI=1S/C7H7N2O/c8-6-1-3-7(4-2-6)9-5-10/h1-4H,8H2,(H,9,10). The lowest BCUT2D eigenvalue weighted by Crippen LogP contribution is -1.93. The van der Waals surface area contributed by atoms with Crippen LogP contribution in [-0.4, -0.2) is 6.41 Å². The highest BCUT2D eigenvalue weighted by atomic mass is 16.1. The number of hydrogen-bond acceptors (Lipinski definition) is 2. The second-order valence-electron chi connectivity index (χ2n) is 1.85. The van der Waals surface area contributed by atoms with Crippen LogP contribution in [0.5, 0.6) is 0 Å². The van der Waals surface area contributed by atoms with Gasteiger partial charge in [-0.2, -0.15) is 0 Å². The summed E-state index contributed by atoms with van der Waals surface area (Å²) in [6.07, 6.45) is 1.56. The van der Waals surface area contributed by atoms with E-state index < -0.39 is 0 Å². The summed E-state index contributed by atoms with van der Waals surface area (Å²) in [5.74, 6) is 0. The molecule has 0 aromatic heterocycles. The molecule has 0 saturated carbocycles. The van der Waals surface area contributed by atoms with Crippen molar-refractivity contribution in [3.8, 4) is 0 Å². The normalized spacial score (nSPS) is 8.80. The molecule has 1 amide bonds. The van der Waals surface area contributed by atoms with Crippen LogP contribution >= 0.6 is 0 Å². The maximum absolute atomic E-state index is 9.79. The Labute approximate surface area is 58.8 Å². The lowest BCUT2D eigenvalue weighted by Gasteiger charge is -1.95. The Morgan fingerprint density at radius 1 is 1.30 bits per heavy atom. The molecule has 0 aliphatic rings. The van der Waals surface area contributed by atoms with E-state index >= 15 is 0 Å². The monoisotopic (exact) mass is 135 g/mol. The summed E-state index contributed by atoms with van der Waals surface area (Å²) in [6.45, 7) is 0. The lowest BCUT2D eigenvalue weighted by atomic mass is 10.3. The molecule has 1 aromatic carbocycles. The van der Waals surface area contributed by atoms with Crippen molar-refractivity contribution in [2.75, 3.05) is 11.1 Å². The van der Waals surface area contributed by atoms with Gasteiger partial charge in [0.2, 0.25) is 0 Å². The molecule has 0 spiro atoms. The number of anilines is 2. The molecule has 10 heavy (non-hydrogen) atoms. The van der Waals surface area contributed by atoms with Crippen LogP contribution < -0.4 is 11.1 Å². The summed E-state index contributed by atoms with van der Waals surface area (Å²) in [5.41, 5.74) is 6.77. The van der Waals surface area contributed by atoms with Crippen molar-refractivity contribution in [3.05, 3.63) is 24.3 Å². The van der Waals surface area contributed by atoms with Crippen LogP contribution in [0.3, 0.4) is 0 Å². The van der Waals surface area contributed by atoms with E-state index in [-0.39, 0.29) is 0 Å². The van der Waals surface area contributed by atoms with E-state index in [1.807, 2.05) is 0 Å². The number of carbonyl (C=O) groups excluding carboxylic acids is 1. The highest BCUT2D eigenvalue weighted by molar-refractivity contribution is 5.72. The Balaban J connectivity index is 2.78. The van der Waals surface area contributed by atoms with Gasteiger partial charge in [0.1, 0.15) is 0 Å². The molecule has 3 nitrogen and oxygen atoms in total. The van der Waals surface area contributed by atoms with E-state index in [0.717, 1.165) is 0 Å². The van der Waals surface area contributed by atoms with Crippen molar-refractivity contribution < 1.29 is 4.79 Å². The molecular formula is C7H7N2O. The van der Waals surface area contributed by atoms with Crippen molar-refractivity contribution in [2.24, 2.45) is 0 Å². The summed E-state index contributed by atoms with van der Waals surface area (Å²) >= 11 is 0. The van der Waals surface area contributed by atoms with E-state index in [2.05, 4.69) is 5.32 Å². The molecule has 0 unspecified atom stereocenters. The molecule has 0 fully saturated rings. The fraction of sp³-hybridized carbons (Fsp3) is 0. The zero-order valence-electron chi connectivity index (χ0n) is 5.29. The van der Waals surface area contributed by atoms with Gasteiger partial charge in [-0.1, -0.05) is 0 Å². The molecule has 3 N–H and O–H groups in total. The molecule has 0 aliphatic heterocycles. The Bertz CT molecular complexity index is 218. The van der Waals surface area contributed by atoms with E-state index in [1.165, 1.54) is 0 Å². The number of nitrogens with one attached hydrogen (secondary N) is 1. The Morgan fingerprint density at radius 2 is 1.90 bits per heavy atom. The van der Waals surface area contributed by atoms with Gasteiger partial charge < -0.3 is 11.1 Å². The third-order valence-corrected chi connectivity index (χ3v) is 1.11. The molecule has 1 rings (SSSR count). The number of nitrogen functional groups attached to an aromatic ring is 1. The van der Waals surface area contributed by atoms with E-state index in [9.17, 15) is 4.79 Å². The van der Waals surface area contributed by atoms with Gasteiger partial charge in [0, 0.05) is 11.4 Å². The average Bonchev–Trinajstić information content (AvgIpc) is 1.95. The molecule has 0 saturated heterocycles. The fourth-order valence-corrected chi connectivity index (χ4v) is 0.625. The topological polar surface area (TPSA) is 55.1 Å². The summed E-state index contributed by atoms with van der Waals surface area (Å²) in [4.78, 5) is 9.79. The first kappa shape index (κ1) is 6.61. The van der Waals surface area contributed by atoms with Crippen molar-refractivity contribution in [3.63, 3.8) is 0 Å². The second-order valence-corrected chi connectivity index (χ2v) is 1.85. The lowest BCUT2D eigenvalue weighted by molar-refractivity contribution is 0.561. The third kappa shape index (κ3) is 1.48. The molecule has 1 aromatic rings. The first-order valence-corrected chi connectivity index (χ1v) is 2.81. The Hall–Kier alpha value is -1.51. The summed E-state index contributed by atoms with van der Waals surface area (Å²) < 4.78 is 0. The SMILES string of the molecule is Nc1ccc(N[C]=O)cc1. The third-order valence-electron chi connectivity index (χ3n) is 1.11. The smallest absolute Gasteiger partial charge is 0.314 e. The summed E-state index contributed by atoms with van der Waals surface area (Å²) in [5, 5.41) is 2.37. The number of benzene rings is 1. The predicted octanol–water partition coefficient (Wildman–Crippen LogP) is 0.748. The molecule has 51 valence electrons. The minimum absolute atomic E-state index is 0.677. The second kappa shape index (κ2) is 2.87. The van der Waals surface area contributed by atoms with Crippen LogP contribution in [0.15, 0.2) is 24.3 Å². The van der Waals surface area contributed by atoms with Crippen molar-refractivity contribution in [1.82, 2.24) is 0 Å². The van der Waals surface area contributed by atoms with Crippen LogP contribution in [0, 0.1) is 0 Å². The number of rotatable bonds is 2. The van der Waals surface area contributed by atoms with Gasteiger partial charge in [0.15, 0.2) is 0 Å². The number of hydrogen-bond donors (Lipinski definition) is 2. The van der Waals surface area contributed by atoms with Crippen molar-refractivity contribution in [2.45, 2.75) is 0 Å². The molecular weight excluding hydrogens is 128 g/mol. The van der Waals surface area contributed by atoms with Gasteiger partial charge in [-0.25, -0.2) is 0 Å². The molecule has 0 heterocycles. The molecule has 0 atom stereocenters. The minimum Gasteiger partial charge on any atom is -0.399 e. The quantitative estimate of drug-likeness (QED) is 0.464. The first-order chi connectivity index (χ1) is 4.83.